The Balaban J connectivity index is 2.00. The second kappa shape index (κ2) is 9.67. The Labute approximate surface area is 149 Å². The number of nitrogens with zero attached hydrogens (tertiary/aromatic N) is 4. The third-order valence-corrected chi connectivity index (χ3v) is 5.31. The number of piperazine rings is 1. The van der Waals surface area contributed by atoms with Crippen LogP contribution in [-0.4, -0.2) is 60.5 Å². The molecule has 130 valence electrons. The first-order chi connectivity index (χ1) is 11.2. The maximum Gasteiger partial charge on any atom is 0.228 e. The Kier molecular flexibility index (Phi) is 7.89. The molecule has 0 saturated carbocycles. The highest BCUT2D eigenvalue weighted by Crippen LogP contribution is 2.25. The molecule has 1 aliphatic heterocycles. The number of aromatic nitrogens is 2. The zero-order valence-corrected chi connectivity index (χ0v) is 16.0. The van der Waals surface area contributed by atoms with Gasteiger partial charge in [0.2, 0.25) is 5.95 Å². The molecule has 1 atom stereocenters. The first kappa shape index (κ1) is 18.8. The van der Waals surface area contributed by atoms with Gasteiger partial charge < -0.3 is 9.80 Å². The molecular weight excluding hydrogens is 330 g/mol. The van der Waals surface area contributed by atoms with Crippen molar-refractivity contribution in [3.63, 3.8) is 0 Å². The minimum atomic E-state index is 0.242. The summed E-state index contributed by atoms with van der Waals surface area (Å²) in [5.74, 6) is 0.729. The van der Waals surface area contributed by atoms with Crippen LogP contribution in [0.15, 0.2) is 11.1 Å². The molecule has 0 aromatic carbocycles. The molecule has 23 heavy (non-hydrogen) atoms. The van der Waals surface area contributed by atoms with E-state index in [-0.39, 0.29) is 6.17 Å². The van der Waals surface area contributed by atoms with Gasteiger partial charge in [-0.15, -0.1) is 11.8 Å². The molecule has 0 aliphatic carbocycles. The highest BCUT2D eigenvalue weighted by atomic mass is 35.5. The van der Waals surface area contributed by atoms with E-state index in [1.807, 2.05) is 12.5 Å². The molecule has 0 spiro atoms. The number of rotatable bonds is 8. The molecular formula is C16H28ClN5S. The molecule has 7 heteroatoms. The molecule has 5 nitrogen and oxygen atoms in total. The maximum absolute atomic E-state index is 6.26. The van der Waals surface area contributed by atoms with E-state index >= 15 is 0 Å². The van der Waals surface area contributed by atoms with Gasteiger partial charge in [-0.1, -0.05) is 37.8 Å². The number of nitrogens with one attached hydrogen (secondary N) is 1. The lowest BCUT2D eigenvalue weighted by Crippen LogP contribution is -2.59. The molecule has 1 aromatic rings. The number of anilines is 1. The Hall–Kier alpha value is -0.560. The molecule has 1 aromatic heterocycles. The van der Waals surface area contributed by atoms with Gasteiger partial charge in [-0.3, -0.25) is 5.32 Å². The summed E-state index contributed by atoms with van der Waals surface area (Å²) in [7, 11) is 2.16. The van der Waals surface area contributed by atoms with Crippen molar-refractivity contribution < 1.29 is 0 Å². The number of hydrogen-bond acceptors (Lipinski definition) is 6. The van der Waals surface area contributed by atoms with Crippen LogP contribution in [0.5, 0.6) is 0 Å². The van der Waals surface area contributed by atoms with Gasteiger partial charge >= 0.3 is 0 Å². The van der Waals surface area contributed by atoms with Crippen LogP contribution in [0.2, 0.25) is 5.15 Å². The molecule has 2 heterocycles. The maximum atomic E-state index is 6.26. The normalized spacial score (nSPS) is 19.3. The van der Waals surface area contributed by atoms with Crippen LogP contribution in [0.4, 0.5) is 5.95 Å². The number of likely N-dealkylation sites (N-methyl/N-ethyl adjacent to an activating group) is 1. The fraction of sp³-hybridized carbons (Fsp3) is 0.750. The van der Waals surface area contributed by atoms with E-state index in [4.69, 9.17) is 11.6 Å². The lowest BCUT2D eigenvalue weighted by atomic mass is 10.2. The smallest absolute Gasteiger partial charge is 0.228 e. The van der Waals surface area contributed by atoms with Crippen LogP contribution < -0.4 is 10.2 Å². The van der Waals surface area contributed by atoms with Gasteiger partial charge in [0.15, 0.2) is 0 Å². The van der Waals surface area contributed by atoms with Gasteiger partial charge in [-0.25, -0.2) is 4.98 Å². The lowest BCUT2D eigenvalue weighted by molar-refractivity contribution is 0.242. The summed E-state index contributed by atoms with van der Waals surface area (Å²) in [4.78, 5) is 14.5. The number of halogens is 1. The molecule has 2 rings (SSSR count). The van der Waals surface area contributed by atoms with Crippen LogP contribution in [0.1, 0.15) is 32.6 Å². The van der Waals surface area contributed by atoms with Gasteiger partial charge in [0.25, 0.3) is 0 Å². The predicted octanol–water partition coefficient (Wildman–Crippen LogP) is 3.10. The van der Waals surface area contributed by atoms with E-state index in [2.05, 4.69) is 39.1 Å². The first-order valence-electron chi connectivity index (χ1n) is 8.40. The largest absolute Gasteiger partial charge is 0.323 e. The third-order valence-electron chi connectivity index (χ3n) is 4.17. The molecule has 0 radical (unpaired) electrons. The Bertz CT molecular complexity index is 488. The summed E-state index contributed by atoms with van der Waals surface area (Å²) in [6.07, 6.45) is 9.14. The number of thioether (sulfide) groups is 1. The van der Waals surface area contributed by atoms with Crippen molar-refractivity contribution in [1.82, 2.24) is 20.2 Å². The highest BCUT2D eigenvalue weighted by Gasteiger charge is 2.27. The minimum Gasteiger partial charge on any atom is -0.323 e. The van der Waals surface area contributed by atoms with E-state index in [1.165, 1.54) is 25.7 Å². The van der Waals surface area contributed by atoms with Gasteiger partial charge in [0.05, 0.1) is 11.1 Å². The van der Waals surface area contributed by atoms with Crippen LogP contribution >= 0.6 is 23.4 Å². The van der Waals surface area contributed by atoms with Crippen molar-refractivity contribution in [1.29, 1.82) is 0 Å². The summed E-state index contributed by atoms with van der Waals surface area (Å²) in [5, 5.41) is 4.21. The fourth-order valence-corrected chi connectivity index (χ4v) is 3.50. The summed E-state index contributed by atoms with van der Waals surface area (Å²) in [6, 6.07) is 0. The van der Waals surface area contributed by atoms with Gasteiger partial charge in [-0.2, -0.15) is 4.98 Å². The molecule has 1 saturated heterocycles. The van der Waals surface area contributed by atoms with E-state index < -0.39 is 0 Å². The Morgan fingerprint density at radius 2 is 2.17 bits per heavy atom. The first-order valence-corrected chi connectivity index (χ1v) is 10.0. The van der Waals surface area contributed by atoms with Gasteiger partial charge in [0, 0.05) is 25.8 Å². The molecule has 1 unspecified atom stereocenters. The molecule has 1 N–H and O–H groups in total. The monoisotopic (exact) mass is 357 g/mol. The molecule has 1 aliphatic rings. The summed E-state index contributed by atoms with van der Waals surface area (Å²) < 4.78 is 0. The fourth-order valence-electron chi connectivity index (χ4n) is 2.77. The Morgan fingerprint density at radius 3 is 2.87 bits per heavy atom. The highest BCUT2D eigenvalue weighted by molar-refractivity contribution is 7.98. The van der Waals surface area contributed by atoms with Crippen molar-refractivity contribution in [2.24, 2.45) is 0 Å². The zero-order chi connectivity index (χ0) is 16.7. The van der Waals surface area contributed by atoms with Crippen molar-refractivity contribution in [3.8, 4) is 0 Å². The summed E-state index contributed by atoms with van der Waals surface area (Å²) in [5.41, 5.74) is 0. The number of unbranched alkanes of at least 4 members (excludes halogenated alkanes) is 3. The average molecular weight is 358 g/mol. The van der Waals surface area contributed by atoms with Crippen LogP contribution in [0.25, 0.3) is 0 Å². The standard InChI is InChI=1S/C16H28ClN5S/c1-4-5-6-7-8-18-14-12-21(2)9-10-22(14)16-19-11-13(23-3)15(17)20-16/h11,14,18H,4-10,12H2,1-3H3. The quantitative estimate of drug-likeness (QED) is 0.438. The molecule has 0 bridgehead atoms. The summed E-state index contributed by atoms with van der Waals surface area (Å²) >= 11 is 7.83. The van der Waals surface area contributed by atoms with E-state index in [0.29, 0.717) is 5.15 Å². The van der Waals surface area contributed by atoms with Crippen molar-refractivity contribution in [2.45, 2.75) is 43.7 Å². The Morgan fingerprint density at radius 1 is 1.35 bits per heavy atom. The van der Waals surface area contributed by atoms with Crippen LogP contribution in [0, 0.1) is 0 Å². The lowest BCUT2D eigenvalue weighted by Gasteiger charge is -2.40. The van der Waals surface area contributed by atoms with Gasteiger partial charge in [0.1, 0.15) is 5.15 Å². The summed E-state index contributed by atoms with van der Waals surface area (Å²) in [6.45, 7) is 6.17. The average Bonchev–Trinajstić information content (AvgIpc) is 2.55. The molecule has 1 fully saturated rings. The van der Waals surface area contributed by atoms with Crippen molar-refractivity contribution >= 4 is 29.3 Å². The van der Waals surface area contributed by atoms with E-state index in [9.17, 15) is 0 Å². The van der Waals surface area contributed by atoms with Crippen LogP contribution in [-0.2, 0) is 0 Å². The second-order valence-corrected chi connectivity index (χ2v) is 7.22. The predicted molar refractivity (Wildman–Crippen MR) is 99.6 cm³/mol. The van der Waals surface area contributed by atoms with Crippen molar-refractivity contribution in [2.75, 3.05) is 44.4 Å². The van der Waals surface area contributed by atoms with E-state index in [0.717, 1.165) is 37.0 Å². The second-order valence-electron chi connectivity index (χ2n) is 6.02. The zero-order valence-electron chi connectivity index (χ0n) is 14.4. The van der Waals surface area contributed by atoms with Crippen molar-refractivity contribution in [3.05, 3.63) is 11.3 Å². The third kappa shape index (κ3) is 5.48. The topological polar surface area (TPSA) is 44.3 Å². The van der Waals surface area contributed by atoms with Gasteiger partial charge in [-0.05, 0) is 26.3 Å². The van der Waals surface area contributed by atoms with Crippen LogP contribution in [0.3, 0.4) is 0 Å². The minimum absolute atomic E-state index is 0.242. The van der Waals surface area contributed by atoms with E-state index in [1.54, 1.807) is 11.8 Å². The molecule has 0 amide bonds. The number of hydrogen-bond donors (Lipinski definition) is 1. The SMILES string of the molecule is CCCCCCNC1CN(C)CCN1c1ncc(SC)c(Cl)n1.